The lowest BCUT2D eigenvalue weighted by atomic mass is 10.00. The van der Waals surface area contributed by atoms with Gasteiger partial charge in [0.05, 0.1) is 18.4 Å². The van der Waals surface area contributed by atoms with Gasteiger partial charge in [0.25, 0.3) is 0 Å². The quantitative estimate of drug-likeness (QED) is 0.682. The fourth-order valence-corrected chi connectivity index (χ4v) is 4.13. The van der Waals surface area contributed by atoms with Gasteiger partial charge in [-0.05, 0) is 31.6 Å². The summed E-state index contributed by atoms with van der Waals surface area (Å²) < 4.78 is 44.4. The third-order valence-electron chi connectivity index (χ3n) is 4.99. The first-order valence-electron chi connectivity index (χ1n) is 9.58. The SMILES string of the molecule is CC1CCN(c2nnc(SCC(=O)NCC(F)(F)F)n2CC2CCCO2)CC1. The van der Waals surface area contributed by atoms with Gasteiger partial charge in [-0.3, -0.25) is 9.36 Å². The van der Waals surface area contributed by atoms with Crippen molar-refractivity contribution in [2.24, 2.45) is 5.92 Å². The number of ether oxygens (including phenoxy) is 1. The summed E-state index contributed by atoms with van der Waals surface area (Å²) in [6, 6.07) is 0. The van der Waals surface area contributed by atoms with Crippen molar-refractivity contribution in [3.8, 4) is 0 Å². The Bertz CT molecular complexity index is 656. The number of hydrogen-bond acceptors (Lipinski definition) is 6. The van der Waals surface area contributed by atoms with Gasteiger partial charge in [-0.1, -0.05) is 18.7 Å². The molecule has 0 bridgehead atoms. The number of thioether (sulfide) groups is 1. The van der Waals surface area contributed by atoms with E-state index < -0.39 is 18.6 Å². The van der Waals surface area contributed by atoms with Gasteiger partial charge in [-0.15, -0.1) is 10.2 Å². The summed E-state index contributed by atoms with van der Waals surface area (Å²) in [6.45, 7) is 4.00. The van der Waals surface area contributed by atoms with E-state index in [9.17, 15) is 18.0 Å². The number of rotatable bonds is 7. The molecule has 11 heteroatoms. The van der Waals surface area contributed by atoms with Crippen molar-refractivity contribution in [2.45, 2.75) is 56.6 Å². The van der Waals surface area contributed by atoms with Crippen LogP contribution in [0.4, 0.5) is 19.1 Å². The number of hydrogen-bond donors (Lipinski definition) is 1. The second-order valence-corrected chi connectivity index (χ2v) is 8.32. The predicted octanol–water partition coefficient (Wildman–Crippen LogP) is 2.46. The molecule has 7 nitrogen and oxygen atoms in total. The van der Waals surface area contributed by atoms with E-state index in [4.69, 9.17) is 4.74 Å². The molecule has 158 valence electrons. The van der Waals surface area contributed by atoms with Crippen molar-refractivity contribution in [1.82, 2.24) is 20.1 Å². The van der Waals surface area contributed by atoms with Crippen LogP contribution in [0, 0.1) is 5.92 Å². The van der Waals surface area contributed by atoms with Crippen LogP contribution in [0.5, 0.6) is 0 Å². The van der Waals surface area contributed by atoms with Crippen LogP contribution in [0.1, 0.15) is 32.6 Å². The molecule has 1 aromatic rings. The first-order chi connectivity index (χ1) is 13.3. The molecule has 1 unspecified atom stereocenters. The summed E-state index contributed by atoms with van der Waals surface area (Å²) in [4.78, 5) is 13.9. The molecule has 0 aromatic carbocycles. The Hall–Kier alpha value is -1.49. The summed E-state index contributed by atoms with van der Waals surface area (Å²) in [6.07, 6.45) is -0.240. The van der Waals surface area contributed by atoms with E-state index in [1.807, 2.05) is 9.88 Å². The number of amides is 1. The van der Waals surface area contributed by atoms with Crippen molar-refractivity contribution >= 4 is 23.6 Å². The van der Waals surface area contributed by atoms with E-state index in [-0.39, 0.29) is 11.9 Å². The molecule has 3 rings (SSSR count). The van der Waals surface area contributed by atoms with Gasteiger partial charge < -0.3 is 15.0 Å². The maximum atomic E-state index is 12.2. The molecule has 3 heterocycles. The molecular weight excluding hydrogens is 395 g/mol. The molecular formula is C17H26F3N5O2S. The monoisotopic (exact) mass is 421 g/mol. The number of anilines is 1. The summed E-state index contributed by atoms with van der Waals surface area (Å²) >= 11 is 1.10. The summed E-state index contributed by atoms with van der Waals surface area (Å²) in [5, 5.41) is 10.9. The second kappa shape index (κ2) is 9.34. The lowest BCUT2D eigenvalue weighted by molar-refractivity contribution is -0.136. The highest BCUT2D eigenvalue weighted by atomic mass is 32.2. The van der Waals surface area contributed by atoms with Crippen LogP contribution in [0.15, 0.2) is 5.16 Å². The molecule has 0 spiro atoms. The highest BCUT2D eigenvalue weighted by Crippen LogP contribution is 2.28. The highest BCUT2D eigenvalue weighted by molar-refractivity contribution is 7.99. The van der Waals surface area contributed by atoms with Crippen molar-refractivity contribution in [2.75, 3.05) is 36.9 Å². The summed E-state index contributed by atoms with van der Waals surface area (Å²) in [5.41, 5.74) is 0. The van der Waals surface area contributed by atoms with Crippen LogP contribution in [-0.2, 0) is 16.1 Å². The average Bonchev–Trinajstić information content (AvgIpc) is 3.29. The van der Waals surface area contributed by atoms with Crippen LogP contribution < -0.4 is 10.2 Å². The molecule has 2 aliphatic heterocycles. The number of nitrogens with zero attached hydrogens (tertiary/aromatic N) is 4. The number of carbonyl (C=O) groups is 1. The van der Waals surface area contributed by atoms with Crippen LogP contribution in [0.2, 0.25) is 0 Å². The zero-order valence-electron chi connectivity index (χ0n) is 15.9. The van der Waals surface area contributed by atoms with E-state index in [2.05, 4.69) is 22.0 Å². The van der Waals surface area contributed by atoms with Crippen LogP contribution in [-0.4, -0.2) is 64.9 Å². The van der Waals surface area contributed by atoms with Crippen LogP contribution in [0.25, 0.3) is 0 Å². The second-order valence-electron chi connectivity index (χ2n) is 7.38. The van der Waals surface area contributed by atoms with Crippen molar-refractivity contribution in [3.05, 3.63) is 0 Å². The first kappa shape index (κ1) is 21.2. The largest absolute Gasteiger partial charge is 0.405 e. The Morgan fingerprint density at radius 3 is 2.68 bits per heavy atom. The third kappa shape index (κ3) is 6.00. The molecule has 0 radical (unpaired) electrons. The molecule has 1 atom stereocenters. The van der Waals surface area contributed by atoms with Crippen LogP contribution in [0.3, 0.4) is 0 Å². The predicted molar refractivity (Wildman–Crippen MR) is 99.4 cm³/mol. The Morgan fingerprint density at radius 2 is 2.04 bits per heavy atom. The van der Waals surface area contributed by atoms with E-state index in [1.165, 1.54) is 0 Å². The van der Waals surface area contributed by atoms with E-state index >= 15 is 0 Å². The minimum absolute atomic E-state index is 0.0665. The van der Waals surface area contributed by atoms with Gasteiger partial charge in [0.15, 0.2) is 5.16 Å². The number of piperidine rings is 1. The normalized spacial score (nSPS) is 21.3. The van der Waals surface area contributed by atoms with Gasteiger partial charge in [0.2, 0.25) is 11.9 Å². The van der Waals surface area contributed by atoms with Crippen molar-refractivity contribution in [1.29, 1.82) is 0 Å². The molecule has 28 heavy (non-hydrogen) atoms. The zero-order valence-corrected chi connectivity index (χ0v) is 16.7. The Balaban J connectivity index is 1.66. The molecule has 2 saturated heterocycles. The Labute approximate surface area is 166 Å². The lowest BCUT2D eigenvalue weighted by Crippen LogP contribution is -2.35. The molecule has 2 aliphatic rings. The number of halogens is 3. The fraction of sp³-hybridized carbons (Fsp3) is 0.824. The minimum Gasteiger partial charge on any atom is -0.376 e. The minimum atomic E-state index is -4.42. The smallest absolute Gasteiger partial charge is 0.376 e. The first-order valence-corrected chi connectivity index (χ1v) is 10.6. The summed E-state index contributed by atoms with van der Waals surface area (Å²) in [7, 11) is 0. The van der Waals surface area contributed by atoms with Gasteiger partial charge in [0, 0.05) is 19.7 Å². The molecule has 0 aliphatic carbocycles. The molecule has 1 amide bonds. The van der Waals surface area contributed by atoms with Crippen molar-refractivity contribution < 1.29 is 22.7 Å². The number of aromatic nitrogens is 3. The number of alkyl halides is 3. The maximum Gasteiger partial charge on any atom is 0.405 e. The van der Waals surface area contributed by atoms with Gasteiger partial charge in [-0.25, -0.2) is 0 Å². The maximum absolute atomic E-state index is 12.2. The highest BCUT2D eigenvalue weighted by Gasteiger charge is 2.29. The molecule has 1 aromatic heterocycles. The van der Waals surface area contributed by atoms with Gasteiger partial charge in [0.1, 0.15) is 6.54 Å². The Morgan fingerprint density at radius 1 is 1.29 bits per heavy atom. The fourth-order valence-electron chi connectivity index (χ4n) is 3.36. The van der Waals surface area contributed by atoms with Crippen molar-refractivity contribution in [3.63, 3.8) is 0 Å². The molecule has 0 saturated carbocycles. The van der Waals surface area contributed by atoms with Crippen LogP contribution >= 0.6 is 11.8 Å². The van der Waals surface area contributed by atoms with Gasteiger partial charge in [-0.2, -0.15) is 13.2 Å². The van der Waals surface area contributed by atoms with E-state index in [0.717, 1.165) is 63.1 Å². The Kier molecular flexibility index (Phi) is 7.08. The molecule has 2 fully saturated rings. The average molecular weight is 421 g/mol. The zero-order chi connectivity index (χ0) is 20.1. The standard InChI is InChI=1S/C17H26F3N5O2S/c1-12-4-6-24(7-5-12)15-22-23-16(25(15)9-13-3-2-8-27-13)28-10-14(26)21-11-17(18,19)20/h12-13H,2-11H2,1H3,(H,21,26). The molecule has 1 N–H and O–H groups in total. The third-order valence-corrected chi connectivity index (χ3v) is 5.96. The lowest BCUT2D eigenvalue weighted by Gasteiger charge is -2.31. The number of carbonyl (C=O) groups excluding carboxylic acids is 1. The van der Waals surface area contributed by atoms with E-state index in [0.29, 0.717) is 17.6 Å². The number of nitrogens with one attached hydrogen (secondary N) is 1. The summed E-state index contributed by atoms with van der Waals surface area (Å²) in [5.74, 6) is 0.608. The van der Waals surface area contributed by atoms with Gasteiger partial charge >= 0.3 is 6.18 Å². The van der Waals surface area contributed by atoms with E-state index in [1.54, 1.807) is 0 Å². The topological polar surface area (TPSA) is 72.3 Å².